The highest BCUT2D eigenvalue weighted by Crippen LogP contribution is 2.27. The van der Waals surface area contributed by atoms with Crippen molar-refractivity contribution in [1.82, 2.24) is 9.97 Å². The zero-order valence-corrected chi connectivity index (χ0v) is 14.3. The van der Waals surface area contributed by atoms with Crippen LogP contribution in [0.25, 0.3) is 0 Å². The summed E-state index contributed by atoms with van der Waals surface area (Å²) in [6, 6.07) is 0.339. The van der Waals surface area contributed by atoms with E-state index in [2.05, 4.69) is 71.0 Å². The van der Waals surface area contributed by atoms with Crippen molar-refractivity contribution in [3.63, 3.8) is 0 Å². The molecule has 1 unspecified atom stereocenters. The molecule has 1 atom stereocenters. The van der Waals surface area contributed by atoms with Gasteiger partial charge in [-0.15, -0.1) is 0 Å². The Kier molecular flexibility index (Phi) is 5.37. The Bertz CT molecular complexity index is 447. The minimum Gasteiger partial charge on any atom is -0.370 e. The van der Waals surface area contributed by atoms with Gasteiger partial charge in [-0.3, -0.25) is 0 Å². The topological polar surface area (TPSA) is 49.8 Å². The monoisotopic (exact) mass is 278 g/mol. The van der Waals surface area contributed by atoms with Crippen molar-refractivity contribution in [2.24, 2.45) is 5.41 Å². The number of nitrogens with one attached hydrogen (secondary N) is 2. The van der Waals surface area contributed by atoms with Crippen molar-refractivity contribution in [3.05, 3.63) is 11.4 Å². The van der Waals surface area contributed by atoms with Crippen LogP contribution in [-0.4, -0.2) is 22.6 Å². The summed E-state index contributed by atoms with van der Waals surface area (Å²) < 4.78 is 0. The summed E-state index contributed by atoms with van der Waals surface area (Å²) in [6.45, 7) is 18.2. The Morgan fingerprint density at radius 1 is 1.05 bits per heavy atom. The molecule has 4 nitrogen and oxygen atoms in total. The third-order valence-corrected chi connectivity index (χ3v) is 3.68. The number of anilines is 2. The fourth-order valence-corrected chi connectivity index (χ4v) is 1.69. The van der Waals surface area contributed by atoms with Gasteiger partial charge in [0.25, 0.3) is 0 Å². The zero-order chi connectivity index (χ0) is 15.5. The highest BCUT2D eigenvalue weighted by Gasteiger charge is 2.22. The summed E-state index contributed by atoms with van der Waals surface area (Å²) in [5.74, 6) is 3.09. The van der Waals surface area contributed by atoms with E-state index >= 15 is 0 Å². The van der Waals surface area contributed by atoms with E-state index < -0.39 is 0 Å². The summed E-state index contributed by atoms with van der Waals surface area (Å²) in [4.78, 5) is 9.34. The number of hydrogen-bond donors (Lipinski definition) is 2. The first-order valence-corrected chi connectivity index (χ1v) is 7.55. The first-order valence-electron chi connectivity index (χ1n) is 7.55. The lowest BCUT2D eigenvalue weighted by atomic mass is 9.88. The molecule has 0 saturated carbocycles. The molecule has 0 spiro atoms. The Morgan fingerprint density at radius 3 is 2.05 bits per heavy atom. The molecule has 0 bridgehead atoms. The zero-order valence-electron chi connectivity index (χ0n) is 14.3. The molecule has 1 rings (SSSR count). The van der Waals surface area contributed by atoms with Crippen LogP contribution in [0.4, 0.5) is 11.6 Å². The van der Waals surface area contributed by atoms with Gasteiger partial charge in [-0.25, -0.2) is 9.97 Å². The number of rotatable bonds is 5. The molecule has 114 valence electrons. The molecule has 0 aromatic carbocycles. The summed E-state index contributed by atoms with van der Waals surface area (Å²) in [7, 11) is 0. The van der Waals surface area contributed by atoms with E-state index in [1.165, 1.54) is 0 Å². The van der Waals surface area contributed by atoms with E-state index in [-0.39, 0.29) is 5.41 Å². The molecular weight excluding hydrogens is 248 g/mol. The molecule has 0 aliphatic heterocycles. The van der Waals surface area contributed by atoms with Gasteiger partial charge in [0.15, 0.2) is 0 Å². The minimum atomic E-state index is 0.188. The summed E-state index contributed by atoms with van der Waals surface area (Å²) in [6.07, 6.45) is 0. The standard InChI is InChI=1S/C16H30N4/c1-9-17-14-11(4)15(18-12(5)16(6,7)8)20-13(19-14)10(2)3/h10,12H,9H2,1-8H3,(H2,17,18,19,20). The van der Waals surface area contributed by atoms with Crippen molar-refractivity contribution in [2.45, 2.75) is 67.3 Å². The summed E-state index contributed by atoms with van der Waals surface area (Å²) >= 11 is 0. The molecule has 1 heterocycles. The van der Waals surface area contributed by atoms with Crippen molar-refractivity contribution >= 4 is 11.6 Å². The number of hydrogen-bond acceptors (Lipinski definition) is 4. The predicted octanol–water partition coefficient (Wildman–Crippen LogP) is 4.19. The van der Waals surface area contributed by atoms with Crippen LogP contribution in [0.2, 0.25) is 0 Å². The maximum absolute atomic E-state index is 4.71. The largest absolute Gasteiger partial charge is 0.370 e. The van der Waals surface area contributed by atoms with E-state index in [0.29, 0.717) is 12.0 Å². The molecule has 0 aliphatic rings. The third-order valence-electron chi connectivity index (χ3n) is 3.68. The molecule has 0 saturated heterocycles. The van der Waals surface area contributed by atoms with Crippen molar-refractivity contribution in [2.75, 3.05) is 17.2 Å². The molecule has 0 fully saturated rings. The average molecular weight is 278 g/mol. The van der Waals surface area contributed by atoms with Crippen LogP contribution in [0.1, 0.15) is 65.8 Å². The second kappa shape index (κ2) is 6.42. The fourth-order valence-electron chi connectivity index (χ4n) is 1.69. The smallest absolute Gasteiger partial charge is 0.135 e. The summed E-state index contributed by atoms with van der Waals surface area (Å²) in [5.41, 5.74) is 1.28. The molecule has 1 aromatic rings. The third kappa shape index (κ3) is 4.09. The Morgan fingerprint density at radius 2 is 1.60 bits per heavy atom. The molecule has 0 amide bonds. The highest BCUT2D eigenvalue weighted by atomic mass is 15.1. The first kappa shape index (κ1) is 16.7. The Labute approximate surface area is 123 Å². The molecular formula is C16H30N4. The maximum atomic E-state index is 4.71. The van der Waals surface area contributed by atoms with Gasteiger partial charge >= 0.3 is 0 Å². The number of nitrogens with zero attached hydrogens (tertiary/aromatic N) is 2. The van der Waals surface area contributed by atoms with Crippen LogP contribution in [0.5, 0.6) is 0 Å². The van der Waals surface area contributed by atoms with E-state index in [0.717, 1.165) is 29.6 Å². The minimum absolute atomic E-state index is 0.188. The predicted molar refractivity (Wildman–Crippen MR) is 87.6 cm³/mol. The van der Waals surface area contributed by atoms with Crippen LogP contribution in [0.15, 0.2) is 0 Å². The average Bonchev–Trinajstić information content (AvgIpc) is 2.32. The van der Waals surface area contributed by atoms with Gasteiger partial charge in [0.05, 0.1) is 0 Å². The fraction of sp³-hybridized carbons (Fsp3) is 0.750. The second-order valence-electron chi connectivity index (χ2n) is 6.82. The Balaban J connectivity index is 3.17. The lowest BCUT2D eigenvalue weighted by Gasteiger charge is -2.29. The van der Waals surface area contributed by atoms with Crippen molar-refractivity contribution in [3.8, 4) is 0 Å². The summed E-state index contributed by atoms with van der Waals surface area (Å²) in [5, 5.41) is 6.89. The molecule has 1 aromatic heterocycles. The van der Waals surface area contributed by atoms with E-state index in [9.17, 15) is 0 Å². The van der Waals surface area contributed by atoms with Gasteiger partial charge in [-0.2, -0.15) is 0 Å². The quantitative estimate of drug-likeness (QED) is 0.848. The van der Waals surface area contributed by atoms with Gasteiger partial charge in [-0.05, 0) is 26.2 Å². The van der Waals surface area contributed by atoms with Gasteiger partial charge in [0.2, 0.25) is 0 Å². The Hall–Kier alpha value is -1.32. The molecule has 2 N–H and O–H groups in total. The maximum Gasteiger partial charge on any atom is 0.135 e. The lowest BCUT2D eigenvalue weighted by molar-refractivity contribution is 0.358. The van der Waals surface area contributed by atoms with Crippen LogP contribution in [0, 0.1) is 12.3 Å². The van der Waals surface area contributed by atoms with Gasteiger partial charge in [0.1, 0.15) is 17.5 Å². The number of aromatic nitrogens is 2. The van der Waals surface area contributed by atoms with Crippen molar-refractivity contribution < 1.29 is 0 Å². The molecule has 0 aliphatic carbocycles. The lowest BCUT2D eigenvalue weighted by Crippen LogP contribution is -2.31. The van der Waals surface area contributed by atoms with E-state index in [1.54, 1.807) is 0 Å². The molecule has 0 radical (unpaired) electrons. The molecule has 4 heteroatoms. The first-order chi connectivity index (χ1) is 9.16. The normalized spacial score (nSPS) is 13.4. The van der Waals surface area contributed by atoms with Crippen LogP contribution < -0.4 is 10.6 Å². The van der Waals surface area contributed by atoms with Crippen LogP contribution in [0.3, 0.4) is 0 Å². The van der Waals surface area contributed by atoms with Gasteiger partial charge in [0, 0.05) is 24.1 Å². The second-order valence-corrected chi connectivity index (χ2v) is 6.82. The van der Waals surface area contributed by atoms with Gasteiger partial charge < -0.3 is 10.6 Å². The molecule has 20 heavy (non-hydrogen) atoms. The highest BCUT2D eigenvalue weighted by molar-refractivity contribution is 5.57. The van der Waals surface area contributed by atoms with Gasteiger partial charge in [-0.1, -0.05) is 34.6 Å². The van der Waals surface area contributed by atoms with Crippen molar-refractivity contribution in [1.29, 1.82) is 0 Å². The van der Waals surface area contributed by atoms with E-state index in [1.807, 2.05) is 0 Å². The van der Waals surface area contributed by atoms with E-state index in [4.69, 9.17) is 4.98 Å². The van der Waals surface area contributed by atoms with Crippen LogP contribution in [-0.2, 0) is 0 Å². The SMILES string of the molecule is CCNc1nc(C(C)C)nc(NC(C)C(C)(C)C)c1C. The van der Waals surface area contributed by atoms with Crippen LogP contribution >= 0.6 is 0 Å².